The number of hydrogen-bond acceptors (Lipinski definition) is 14. The van der Waals surface area contributed by atoms with Crippen molar-refractivity contribution in [3.05, 3.63) is 48.7 Å². The molecule has 0 amide bonds. The van der Waals surface area contributed by atoms with Gasteiger partial charge in [0.25, 0.3) is 5.88 Å². The minimum atomic E-state index is -0.276. The van der Waals surface area contributed by atoms with Crippen LogP contribution in [0.15, 0.2) is 43.1 Å². The minimum absolute atomic E-state index is 0.266. The number of nitrogens with one attached hydrogen (secondary N) is 1. The highest BCUT2D eigenvalue weighted by Crippen LogP contribution is 2.35. The maximum atomic E-state index is 9.69. The van der Waals surface area contributed by atoms with E-state index in [2.05, 4.69) is 55.6 Å². The fraction of sp³-hybridized carbons (Fsp3) is 0.583. The molecule has 4 heterocycles. The van der Waals surface area contributed by atoms with E-state index in [9.17, 15) is 5.26 Å². The molecular formula is C36H49N11O5. The van der Waals surface area contributed by atoms with E-state index in [1.807, 2.05) is 29.9 Å². The zero-order valence-electron chi connectivity index (χ0n) is 30.4. The molecule has 3 aromatic heterocycles. The number of nitriles is 1. The van der Waals surface area contributed by atoms with Gasteiger partial charge in [0.1, 0.15) is 29.9 Å². The SMILES string of the molecule is COCCOCCCOc1nn([C@H]2CC[C@H](N3C[C@@H](C)O[C@@H](C)C3)CC2)cc1Nc1ncc(-c2ccc(C#N)c(O[C@@H](C)Cn3cnnn3)c2)cn1. The van der Waals surface area contributed by atoms with Crippen LogP contribution in [0.3, 0.4) is 0 Å². The lowest BCUT2D eigenvalue weighted by molar-refractivity contribution is -0.0852. The van der Waals surface area contributed by atoms with Crippen molar-refractivity contribution in [2.24, 2.45) is 0 Å². The Morgan fingerprint density at radius 1 is 1.00 bits per heavy atom. The second kappa shape index (κ2) is 18.2. The Hall–Kier alpha value is -4.69. The van der Waals surface area contributed by atoms with Crippen molar-refractivity contribution in [3.8, 4) is 28.8 Å². The van der Waals surface area contributed by atoms with Crippen LogP contribution >= 0.6 is 0 Å². The van der Waals surface area contributed by atoms with E-state index in [-0.39, 0.29) is 24.4 Å². The Bertz CT molecular complexity index is 1710. The number of morpholine rings is 1. The summed E-state index contributed by atoms with van der Waals surface area (Å²) in [7, 11) is 1.66. The second-order valence-corrected chi connectivity index (χ2v) is 13.5. The van der Waals surface area contributed by atoms with Crippen LogP contribution in [-0.4, -0.2) is 116 Å². The molecule has 1 saturated heterocycles. The topological polar surface area (TPSA) is 172 Å². The molecule has 52 heavy (non-hydrogen) atoms. The van der Waals surface area contributed by atoms with Gasteiger partial charge in [0, 0.05) is 57.2 Å². The molecule has 16 heteroatoms. The van der Waals surface area contributed by atoms with E-state index in [0.717, 1.165) is 56.3 Å². The zero-order valence-corrected chi connectivity index (χ0v) is 30.4. The molecule has 2 fully saturated rings. The average molecular weight is 716 g/mol. The van der Waals surface area contributed by atoms with Gasteiger partial charge < -0.3 is 29.0 Å². The normalized spacial score (nSPS) is 21.4. The van der Waals surface area contributed by atoms with Gasteiger partial charge in [-0.15, -0.1) is 10.2 Å². The fourth-order valence-corrected chi connectivity index (χ4v) is 6.87. The van der Waals surface area contributed by atoms with Gasteiger partial charge in [-0.3, -0.25) is 9.58 Å². The quantitative estimate of drug-likeness (QED) is 0.152. The van der Waals surface area contributed by atoms with Gasteiger partial charge in [0.15, 0.2) is 0 Å². The molecule has 0 bridgehead atoms. The number of anilines is 2. The maximum Gasteiger partial charge on any atom is 0.256 e. The first-order valence-electron chi connectivity index (χ1n) is 18.1. The van der Waals surface area contributed by atoms with Crippen LogP contribution < -0.4 is 14.8 Å². The number of methoxy groups -OCH3 is 1. The van der Waals surface area contributed by atoms with Crippen molar-refractivity contribution in [1.29, 1.82) is 5.26 Å². The van der Waals surface area contributed by atoms with E-state index in [1.54, 1.807) is 30.3 Å². The van der Waals surface area contributed by atoms with Crippen LogP contribution in [0.25, 0.3) is 11.1 Å². The van der Waals surface area contributed by atoms with Crippen LogP contribution in [0.2, 0.25) is 0 Å². The Balaban J connectivity index is 1.12. The maximum absolute atomic E-state index is 9.69. The van der Waals surface area contributed by atoms with E-state index in [0.29, 0.717) is 67.8 Å². The number of benzene rings is 1. The van der Waals surface area contributed by atoms with Gasteiger partial charge in [-0.25, -0.2) is 14.6 Å². The number of hydrogen-bond donors (Lipinski definition) is 1. The molecule has 0 spiro atoms. The van der Waals surface area contributed by atoms with Crippen molar-refractivity contribution in [2.45, 2.75) is 89.8 Å². The van der Waals surface area contributed by atoms with Gasteiger partial charge in [-0.1, -0.05) is 6.07 Å². The molecule has 1 N–H and O–H groups in total. The van der Waals surface area contributed by atoms with Gasteiger partial charge in [-0.05, 0) is 74.6 Å². The molecule has 3 atom stereocenters. The highest BCUT2D eigenvalue weighted by atomic mass is 16.5. The zero-order chi connectivity index (χ0) is 36.3. The van der Waals surface area contributed by atoms with Crippen LogP contribution in [0, 0.1) is 11.3 Å². The van der Waals surface area contributed by atoms with Crippen molar-refractivity contribution in [2.75, 3.05) is 51.9 Å². The summed E-state index contributed by atoms with van der Waals surface area (Å²) in [6, 6.07) is 8.45. The first-order valence-corrected chi connectivity index (χ1v) is 18.1. The van der Waals surface area contributed by atoms with Gasteiger partial charge in [-0.2, -0.15) is 5.26 Å². The third-order valence-corrected chi connectivity index (χ3v) is 9.30. The summed E-state index contributed by atoms with van der Waals surface area (Å²) >= 11 is 0. The van der Waals surface area contributed by atoms with Gasteiger partial charge >= 0.3 is 0 Å². The third-order valence-electron chi connectivity index (χ3n) is 9.30. The molecule has 278 valence electrons. The van der Waals surface area contributed by atoms with Crippen LogP contribution in [0.5, 0.6) is 11.6 Å². The average Bonchev–Trinajstić information content (AvgIpc) is 3.81. The first-order chi connectivity index (χ1) is 25.4. The Labute approximate surface area is 304 Å². The van der Waals surface area contributed by atoms with Gasteiger partial charge in [0.2, 0.25) is 5.95 Å². The molecule has 1 aromatic carbocycles. The molecule has 0 radical (unpaired) electrons. The number of aromatic nitrogens is 8. The largest absolute Gasteiger partial charge is 0.487 e. The van der Waals surface area contributed by atoms with Crippen molar-refractivity contribution < 1.29 is 23.7 Å². The van der Waals surface area contributed by atoms with E-state index in [4.69, 9.17) is 28.8 Å². The highest BCUT2D eigenvalue weighted by Gasteiger charge is 2.32. The lowest BCUT2D eigenvalue weighted by Crippen LogP contribution is -2.51. The minimum Gasteiger partial charge on any atom is -0.487 e. The predicted octanol–water partition coefficient (Wildman–Crippen LogP) is 4.43. The van der Waals surface area contributed by atoms with Crippen LogP contribution in [0.4, 0.5) is 11.6 Å². The standard InChI is InChI=1S/C36H49N11O5/c1-25-20-45(21-26(2)51-25)31-8-10-32(11-9-31)47-23-33(35(42-47)50-13-5-12-49-15-14-48-4)41-36-38-18-30(19-39-36)28-6-7-29(17-37)34(16-28)52-27(3)22-46-24-40-43-44-46/h6-7,16,18-19,23-27,31-32H,5,8-15,20-22H2,1-4H3,(H,38,39,41)/t25-,26+,27-,31-,32-/m0/s1. The molecule has 4 aromatic rings. The lowest BCUT2D eigenvalue weighted by atomic mass is 9.89. The Morgan fingerprint density at radius 3 is 2.48 bits per heavy atom. The van der Waals surface area contributed by atoms with Crippen molar-refractivity contribution in [1.82, 2.24) is 44.9 Å². The Kier molecular flexibility index (Phi) is 13.0. The van der Waals surface area contributed by atoms with Crippen molar-refractivity contribution in [3.63, 3.8) is 0 Å². The summed E-state index contributed by atoms with van der Waals surface area (Å²) in [4.78, 5) is 11.8. The smallest absolute Gasteiger partial charge is 0.256 e. The summed E-state index contributed by atoms with van der Waals surface area (Å²) in [5, 5.41) is 29.1. The van der Waals surface area contributed by atoms with Gasteiger partial charge in [0.05, 0.1) is 56.4 Å². The van der Waals surface area contributed by atoms with Crippen LogP contribution in [-0.2, 0) is 20.8 Å². The van der Waals surface area contributed by atoms with E-state index < -0.39 is 0 Å². The third kappa shape index (κ3) is 10.0. The summed E-state index contributed by atoms with van der Waals surface area (Å²) in [5.41, 5.74) is 2.72. The first kappa shape index (κ1) is 37.1. The van der Waals surface area contributed by atoms with Crippen LogP contribution in [0.1, 0.15) is 64.5 Å². The molecule has 16 nitrogen and oxygen atoms in total. The summed E-state index contributed by atoms with van der Waals surface area (Å²) in [5.74, 6) is 1.38. The predicted molar refractivity (Wildman–Crippen MR) is 191 cm³/mol. The molecule has 1 saturated carbocycles. The fourth-order valence-electron chi connectivity index (χ4n) is 6.87. The molecule has 0 unspecified atom stereocenters. The summed E-state index contributed by atoms with van der Waals surface area (Å²) in [6.07, 6.45) is 12.3. The molecule has 6 rings (SSSR count). The number of ether oxygens (including phenoxy) is 5. The molecule has 2 aliphatic rings. The van der Waals surface area contributed by atoms with E-state index in [1.165, 1.54) is 6.33 Å². The van der Waals surface area contributed by atoms with Crippen molar-refractivity contribution >= 4 is 11.6 Å². The Morgan fingerprint density at radius 2 is 1.77 bits per heavy atom. The number of rotatable bonds is 17. The summed E-state index contributed by atoms with van der Waals surface area (Å²) < 4.78 is 32.6. The lowest BCUT2D eigenvalue weighted by Gasteiger charge is -2.42. The second-order valence-electron chi connectivity index (χ2n) is 13.5. The summed E-state index contributed by atoms with van der Waals surface area (Å²) in [6.45, 7) is 10.8. The number of tetrazole rings is 1. The molecular weight excluding hydrogens is 666 g/mol. The highest BCUT2D eigenvalue weighted by molar-refractivity contribution is 5.67. The number of nitrogens with zero attached hydrogens (tertiary/aromatic N) is 10. The monoisotopic (exact) mass is 715 g/mol. The van der Waals surface area contributed by atoms with E-state index >= 15 is 0 Å². The molecule has 1 aliphatic carbocycles. The molecule has 1 aliphatic heterocycles.